The molecule has 4 heteroatoms. The third-order valence-electron chi connectivity index (χ3n) is 2.52. The molecule has 0 spiro atoms. The van der Waals surface area contributed by atoms with Gasteiger partial charge < -0.3 is 0 Å². The maximum atomic E-state index is 12.7. The van der Waals surface area contributed by atoms with Gasteiger partial charge in [-0.25, -0.2) is 4.39 Å². The lowest BCUT2D eigenvalue weighted by Crippen LogP contribution is -2.03. The molecule has 0 bridgehead atoms. The summed E-state index contributed by atoms with van der Waals surface area (Å²) in [5.74, 6) is -0.330. The van der Waals surface area contributed by atoms with Crippen molar-refractivity contribution >= 4 is 40.0 Å². The molecular weight excluding hydrogens is 366 g/mol. The zero-order valence-corrected chi connectivity index (χ0v) is 12.2. The molecule has 0 aliphatic rings. The van der Waals surface area contributed by atoms with Gasteiger partial charge in [-0.05, 0) is 52.4 Å². The van der Waals surface area contributed by atoms with Crippen molar-refractivity contribution in [3.63, 3.8) is 0 Å². The van der Waals surface area contributed by atoms with Crippen LogP contribution in [-0.4, -0.2) is 5.78 Å². The molecule has 0 atom stereocenters. The van der Waals surface area contributed by atoms with Crippen molar-refractivity contribution in [1.82, 2.24) is 0 Å². The highest BCUT2D eigenvalue weighted by molar-refractivity contribution is 14.1. The summed E-state index contributed by atoms with van der Waals surface area (Å²) >= 11 is 8.08. The second-order valence-electron chi connectivity index (χ2n) is 3.86. The summed E-state index contributed by atoms with van der Waals surface area (Å²) in [6, 6.07) is 11.1. The number of carbonyl (C=O) groups is 1. The van der Waals surface area contributed by atoms with Crippen LogP contribution >= 0.6 is 34.2 Å². The molecular formula is C14H9ClFIO. The average Bonchev–Trinajstić information content (AvgIpc) is 2.35. The molecule has 0 radical (unpaired) electrons. The summed E-state index contributed by atoms with van der Waals surface area (Å²) in [5, 5.41) is 0.570. The fourth-order valence-electron chi connectivity index (χ4n) is 1.56. The van der Waals surface area contributed by atoms with Crippen LogP contribution in [0.25, 0.3) is 0 Å². The van der Waals surface area contributed by atoms with E-state index < -0.39 is 0 Å². The van der Waals surface area contributed by atoms with Crippen LogP contribution < -0.4 is 0 Å². The number of hydrogen-bond donors (Lipinski definition) is 0. The standard InChI is InChI=1S/C14H9ClFIO/c15-12-8-10(3-6-13(12)17)14(18)7-9-1-4-11(16)5-2-9/h1-6,8H,7H2. The van der Waals surface area contributed by atoms with E-state index in [1.807, 2.05) is 0 Å². The number of carbonyl (C=O) groups excluding carboxylic acids is 1. The van der Waals surface area contributed by atoms with Crippen molar-refractivity contribution in [2.45, 2.75) is 6.42 Å². The van der Waals surface area contributed by atoms with Crippen LogP contribution in [-0.2, 0) is 6.42 Å². The van der Waals surface area contributed by atoms with Gasteiger partial charge in [0, 0.05) is 15.6 Å². The molecule has 0 N–H and O–H groups in total. The summed E-state index contributed by atoms with van der Waals surface area (Å²) in [6.45, 7) is 0. The molecule has 0 aliphatic heterocycles. The van der Waals surface area contributed by atoms with Gasteiger partial charge in [0.05, 0.1) is 5.02 Å². The number of halogens is 3. The van der Waals surface area contributed by atoms with Crippen LogP contribution in [0.15, 0.2) is 42.5 Å². The van der Waals surface area contributed by atoms with Gasteiger partial charge in [-0.3, -0.25) is 4.79 Å². The lowest BCUT2D eigenvalue weighted by molar-refractivity contribution is 0.0993. The van der Waals surface area contributed by atoms with Crippen LogP contribution in [0.5, 0.6) is 0 Å². The van der Waals surface area contributed by atoms with Crippen LogP contribution in [0.2, 0.25) is 5.02 Å². The molecule has 0 unspecified atom stereocenters. The molecule has 0 saturated carbocycles. The van der Waals surface area contributed by atoms with E-state index in [9.17, 15) is 9.18 Å². The topological polar surface area (TPSA) is 17.1 Å². The van der Waals surface area contributed by atoms with Gasteiger partial charge >= 0.3 is 0 Å². The molecule has 1 nitrogen and oxygen atoms in total. The first-order valence-corrected chi connectivity index (χ1v) is 6.74. The Morgan fingerprint density at radius 2 is 1.83 bits per heavy atom. The lowest BCUT2D eigenvalue weighted by Gasteiger charge is -2.03. The van der Waals surface area contributed by atoms with E-state index in [1.165, 1.54) is 12.1 Å². The average molecular weight is 375 g/mol. The Bertz CT molecular complexity index is 581. The van der Waals surface area contributed by atoms with Crippen LogP contribution in [0.3, 0.4) is 0 Å². The van der Waals surface area contributed by atoms with Gasteiger partial charge in [0.15, 0.2) is 5.78 Å². The first-order chi connectivity index (χ1) is 8.56. The number of hydrogen-bond acceptors (Lipinski definition) is 1. The highest BCUT2D eigenvalue weighted by atomic mass is 127. The third-order valence-corrected chi connectivity index (χ3v) is 4.09. The Labute approximate surface area is 123 Å². The fourth-order valence-corrected chi connectivity index (χ4v) is 2.08. The minimum Gasteiger partial charge on any atom is -0.294 e. The quantitative estimate of drug-likeness (QED) is 0.571. The van der Waals surface area contributed by atoms with E-state index >= 15 is 0 Å². The minimum atomic E-state index is -0.302. The molecule has 2 rings (SSSR count). The molecule has 0 aromatic heterocycles. The maximum Gasteiger partial charge on any atom is 0.167 e. The Balaban J connectivity index is 2.16. The fraction of sp³-hybridized carbons (Fsp3) is 0.0714. The van der Waals surface area contributed by atoms with Crippen molar-refractivity contribution in [3.8, 4) is 0 Å². The number of Topliss-reactive ketones (excluding diaryl/α,β-unsaturated/α-hetero) is 1. The zero-order chi connectivity index (χ0) is 13.1. The lowest BCUT2D eigenvalue weighted by atomic mass is 10.0. The molecule has 92 valence electrons. The van der Waals surface area contributed by atoms with Crippen LogP contribution in [0, 0.1) is 9.39 Å². The van der Waals surface area contributed by atoms with Crippen molar-refractivity contribution in [1.29, 1.82) is 0 Å². The summed E-state index contributed by atoms with van der Waals surface area (Å²) in [6.07, 6.45) is 0.247. The normalized spacial score (nSPS) is 10.4. The first kappa shape index (κ1) is 13.5. The second-order valence-corrected chi connectivity index (χ2v) is 5.42. The smallest absolute Gasteiger partial charge is 0.167 e. The first-order valence-electron chi connectivity index (χ1n) is 5.29. The predicted octanol–water partition coefficient (Wildman–Crippen LogP) is 4.51. The van der Waals surface area contributed by atoms with Crippen molar-refractivity contribution in [3.05, 3.63) is 68.0 Å². The molecule has 0 amide bonds. The molecule has 18 heavy (non-hydrogen) atoms. The second kappa shape index (κ2) is 5.80. The number of benzene rings is 2. The SMILES string of the molecule is O=C(Cc1ccc(F)cc1)c1ccc(I)c(Cl)c1. The van der Waals surface area contributed by atoms with Gasteiger partial charge in [0.1, 0.15) is 5.82 Å². The molecule has 0 saturated heterocycles. The number of ketones is 1. The largest absolute Gasteiger partial charge is 0.294 e. The summed E-state index contributed by atoms with van der Waals surface area (Å²) in [7, 11) is 0. The van der Waals surface area contributed by atoms with Crippen molar-refractivity contribution < 1.29 is 9.18 Å². The van der Waals surface area contributed by atoms with Crippen LogP contribution in [0.1, 0.15) is 15.9 Å². The van der Waals surface area contributed by atoms with Crippen molar-refractivity contribution in [2.24, 2.45) is 0 Å². The molecule has 0 heterocycles. The Hall–Kier alpha value is -0.940. The summed E-state index contributed by atoms with van der Waals surface area (Å²) in [5.41, 5.74) is 1.36. The Kier molecular flexibility index (Phi) is 4.35. The van der Waals surface area contributed by atoms with E-state index in [0.717, 1.165) is 9.13 Å². The predicted molar refractivity (Wildman–Crippen MR) is 78.6 cm³/mol. The van der Waals surface area contributed by atoms with Gasteiger partial charge in [0.25, 0.3) is 0 Å². The van der Waals surface area contributed by atoms with E-state index in [-0.39, 0.29) is 18.0 Å². The van der Waals surface area contributed by atoms with Gasteiger partial charge in [-0.15, -0.1) is 0 Å². The van der Waals surface area contributed by atoms with Gasteiger partial charge in [0.2, 0.25) is 0 Å². The van der Waals surface area contributed by atoms with Crippen LogP contribution in [0.4, 0.5) is 4.39 Å². The summed E-state index contributed by atoms with van der Waals surface area (Å²) in [4.78, 5) is 12.0. The van der Waals surface area contributed by atoms with Gasteiger partial charge in [-0.2, -0.15) is 0 Å². The number of rotatable bonds is 3. The highest BCUT2D eigenvalue weighted by Crippen LogP contribution is 2.20. The van der Waals surface area contributed by atoms with E-state index in [0.29, 0.717) is 10.6 Å². The molecule has 2 aromatic carbocycles. The van der Waals surface area contributed by atoms with E-state index in [4.69, 9.17) is 11.6 Å². The maximum absolute atomic E-state index is 12.7. The summed E-state index contributed by atoms with van der Waals surface area (Å²) < 4.78 is 13.7. The minimum absolute atomic E-state index is 0.0279. The van der Waals surface area contributed by atoms with E-state index in [1.54, 1.807) is 30.3 Å². The van der Waals surface area contributed by atoms with Crippen molar-refractivity contribution in [2.75, 3.05) is 0 Å². The highest BCUT2D eigenvalue weighted by Gasteiger charge is 2.09. The monoisotopic (exact) mass is 374 g/mol. The molecule has 0 aliphatic carbocycles. The zero-order valence-electron chi connectivity index (χ0n) is 9.29. The molecule has 0 fully saturated rings. The van der Waals surface area contributed by atoms with Gasteiger partial charge in [-0.1, -0.05) is 29.8 Å². The Morgan fingerprint density at radius 1 is 1.17 bits per heavy atom. The van der Waals surface area contributed by atoms with E-state index in [2.05, 4.69) is 22.6 Å². The third kappa shape index (κ3) is 3.29. The Morgan fingerprint density at radius 3 is 2.44 bits per heavy atom. The molecule has 2 aromatic rings.